The molecule has 0 radical (unpaired) electrons. The summed E-state index contributed by atoms with van der Waals surface area (Å²) in [5.41, 5.74) is 2.50. The van der Waals surface area contributed by atoms with Crippen LogP contribution in [0.5, 0.6) is 0 Å². The number of aromatic amines is 1. The molecule has 1 aliphatic rings. The van der Waals surface area contributed by atoms with Gasteiger partial charge in [0.15, 0.2) is 0 Å². The molecule has 0 saturated heterocycles. The molecule has 0 amide bonds. The summed E-state index contributed by atoms with van der Waals surface area (Å²) in [7, 11) is 0. The Bertz CT molecular complexity index is 1500. The molecule has 0 fully saturated rings. The lowest BCUT2D eigenvalue weighted by molar-refractivity contribution is -0.154. The van der Waals surface area contributed by atoms with Crippen molar-refractivity contribution in [3.63, 3.8) is 0 Å². The number of hydrogen-bond donors (Lipinski definition) is 1. The lowest BCUT2D eigenvalue weighted by Crippen LogP contribution is -2.28. The third-order valence-electron chi connectivity index (χ3n) is 6.49. The first-order chi connectivity index (χ1) is 18.3. The number of nitrogens with one attached hydrogen (secondary N) is 1. The number of carbonyl (C=O) groups excluding carboxylic acids is 2. The van der Waals surface area contributed by atoms with E-state index in [9.17, 15) is 14.4 Å². The molecule has 2 aromatic carbocycles. The Morgan fingerprint density at radius 3 is 2.44 bits per heavy atom. The molecule has 8 nitrogen and oxygen atoms in total. The zero-order valence-electron chi connectivity index (χ0n) is 23.4. The van der Waals surface area contributed by atoms with Crippen molar-refractivity contribution in [1.82, 2.24) is 9.97 Å². The van der Waals surface area contributed by atoms with Gasteiger partial charge in [0.05, 0.1) is 34.5 Å². The van der Waals surface area contributed by atoms with Gasteiger partial charge in [0, 0.05) is 5.69 Å². The maximum absolute atomic E-state index is 13.0. The zero-order valence-corrected chi connectivity index (χ0v) is 23.4. The van der Waals surface area contributed by atoms with E-state index in [0.717, 1.165) is 29.7 Å². The van der Waals surface area contributed by atoms with Gasteiger partial charge in [-0.2, -0.15) is 0 Å². The average Bonchev–Trinajstić information content (AvgIpc) is 3.25. The summed E-state index contributed by atoms with van der Waals surface area (Å²) in [4.78, 5) is 47.0. The van der Waals surface area contributed by atoms with Crippen LogP contribution in [0, 0.1) is 17.8 Å². The largest absolute Gasteiger partial charge is 0.457 e. The molecular formula is C31H35N3O5. The van der Waals surface area contributed by atoms with Gasteiger partial charge in [-0.1, -0.05) is 5.92 Å². The predicted molar refractivity (Wildman–Crippen MR) is 150 cm³/mol. The molecule has 4 rings (SSSR count). The molecule has 1 atom stereocenters. The maximum Gasteiger partial charge on any atom is 0.338 e. The third-order valence-corrected chi connectivity index (χ3v) is 6.49. The minimum atomic E-state index is -0.646. The van der Waals surface area contributed by atoms with E-state index in [1.807, 2.05) is 45.0 Å². The molecule has 1 aliphatic carbocycles. The van der Waals surface area contributed by atoms with E-state index in [1.165, 1.54) is 0 Å². The third kappa shape index (κ3) is 6.31. The molecule has 0 aliphatic heterocycles. The van der Waals surface area contributed by atoms with Crippen LogP contribution in [0.2, 0.25) is 0 Å². The molecule has 1 aromatic heterocycles. The molecule has 0 spiro atoms. The minimum absolute atomic E-state index is 0.0420. The predicted octanol–water partition coefficient (Wildman–Crippen LogP) is 5.09. The number of esters is 2. The molecule has 1 N–H and O–H groups in total. The Kier molecular flexibility index (Phi) is 7.56. The quantitative estimate of drug-likeness (QED) is 0.350. The Morgan fingerprint density at radius 2 is 1.82 bits per heavy atom. The fourth-order valence-electron chi connectivity index (χ4n) is 4.62. The Hall–Kier alpha value is -4.12. The molecule has 0 bridgehead atoms. The normalized spacial score (nSPS) is 14.9. The van der Waals surface area contributed by atoms with E-state index in [0.29, 0.717) is 28.8 Å². The summed E-state index contributed by atoms with van der Waals surface area (Å²) >= 11 is 0. The van der Waals surface area contributed by atoms with Crippen LogP contribution in [-0.4, -0.2) is 34.1 Å². The first kappa shape index (κ1) is 27.9. The standard InChI is InChI=1S/C31H35N3O5/c1-8-15-34(21-12-9-19(10-13-21)28(36)39-31(5,6)7)25-14-11-20-16-24-23(17-22(20)25)27(35)33-26(32-24)18-38-29(37)30(2,3)4/h1,9-10,12-13,16-17,25H,11,14-15,18H2,2-7H3,(H,32,33,35)/t25-/m1/s1. The van der Waals surface area contributed by atoms with Crippen molar-refractivity contribution < 1.29 is 19.1 Å². The molecule has 204 valence electrons. The van der Waals surface area contributed by atoms with E-state index < -0.39 is 11.0 Å². The van der Waals surface area contributed by atoms with E-state index >= 15 is 0 Å². The summed E-state index contributed by atoms with van der Waals surface area (Å²) in [6.07, 6.45) is 7.36. The van der Waals surface area contributed by atoms with Crippen molar-refractivity contribution in [2.24, 2.45) is 5.41 Å². The van der Waals surface area contributed by atoms with Crippen LogP contribution >= 0.6 is 0 Å². The highest BCUT2D eigenvalue weighted by molar-refractivity contribution is 5.90. The molecule has 3 aromatic rings. The monoisotopic (exact) mass is 529 g/mol. The van der Waals surface area contributed by atoms with Crippen molar-refractivity contribution >= 4 is 28.5 Å². The molecule has 1 heterocycles. The molecule has 0 unspecified atom stereocenters. The number of H-pyrrole nitrogens is 1. The van der Waals surface area contributed by atoms with Gasteiger partial charge in [0.1, 0.15) is 18.0 Å². The SMILES string of the molecule is C#CCN(c1ccc(C(=O)OC(C)(C)C)cc1)[C@@H]1CCc2cc3nc(COC(=O)C(C)(C)C)[nH]c(=O)c3cc21. The highest BCUT2D eigenvalue weighted by Gasteiger charge is 2.30. The van der Waals surface area contributed by atoms with Crippen molar-refractivity contribution in [3.8, 4) is 12.3 Å². The number of nitrogens with zero attached hydrogens (tertiary/aromatic N) is 2. The molecular weight excluding hydrogens is 494 g/mol. The summed E-state index contributed by atoms with van der Waals surface area (Å²) in [6.45, 7) is 11.1. The number of terminal acetylenes is 1. The second kappa shape index (κ2) is 10.6. The van der Waals surface area contributed by atoms with Gasteiger partial charge in [0.25, 0.3) is 5.56 Å². The first-order valence-corrected chi connectivity index (χ1v) is 13.0. The van der Waals surface area contributed by atoms with Crippen LogP contribution in [-0.2, 0) is 27.3 Å². The fourth-order valence-corrected chi connectivity index (χ4v) is 4.62. The molecule has 0 saturated carbocycles. The summed E-state index contributed by atoms with van der Waals surface area (Å²) in [5, 5.41) is 0.465. The summed E-state index contributed by atoms with van der Waals surface area (Å²) < 4.78 is 10.8. The van der Waals surface area contributed by atoms with E-state index in [2.05, 4.69) is 20.8 Å². The van der Waals surface area contributed by atoms with Crippen LogP contribution in [0.3, 0.4) is 0 Å². The lowest BCUT2D eigenvalue weighted by Gasteiger charge is -2.30. The lowest BCUT2D eigenvalue weighted by atomic mass is 9.97. The van der Waals surface area contributed by atoms with Gasteiger partial charge < -0.3 is 19.4 Å². The van der Waals surface area contributed by atoms with Crippen LogP contribution in [0.25, 0.3) is 10.9 Å². The Labute approximate surface area is 228 Å². The summed E-state index contributed by atoms with van der Waals surface area (Å²) in [5.74, 6) is 2.30. The Morgan fingerprint density at radius 1 is 1.13 bits per heavy atom. The van der Waals surface area contributed by atoms with Crippen molar-refractivity contribution in [2.75, 3.05) is 11.4 Å². The molecule has 8 heteroatoms. The van der Waals surface area contributed by atoms with Crippen molar-refractivity contribution in [2.45, 2.75) is 72.6 Å². The molecule has 39 heavy (non-hydrogen) atoms. The summed E-state index contributed by atoms with van der Waals surface area (Å²) in [6, 6.07) is 11.0. The van der Waals surface area contributed by atoms with Crippen LogP contribution in [0.1, 0.15) is 81.3 Å². The second-order valence-corrected chi connectivity index (χ2v) is 11.8. The minimum Gasteiger partial charge on any atom is -0.457 e. The number of benzene rings is 2. The van der Waals surface area contributed by atoms with E-state index in [4.69, 9.17) is 15.9 Å². The van der Waals surface area contributed by atoms with Gasteiger partial charge in [-0.3, -0.25) is 9.59 Å². The highest BCUT2D eigenvalue weighted by Crippen LogP contribution is 2.39. The number of aromatic nitrogens is 2. The van der Waals surface area contributed by atoms with Gasteiger partial charge in [-0.05, 0) is 102 Å². The Balaban J connectivity index is 1.61. The van der Waals surface area contributed by atoms with Gasteiger partial charge in [-0.15, -0.1) is 6.42 Å². The van der Waals surface area contributed by atoms with Crippen LogP contribution in [0.15, 0.2) is 41.2 Å². The van der Waals surface area contributed by atoms with Gasteiger partial charge in [-0.25, -0.2) is 9.78 Å². The number of hydrogen-bond acceptors (Lipinski definition) is 7. The van der Waals surface area contributed by atoms with Gasteiger partial charge >= 0.3 is 11.9 Å². The second-order valence-electron chi connectivity index (χ2n) is 11.8. The number of fused-ring (bicyclic) bond motifs is 2. The fraction of sp³-hybridized carbons (Fsp3) is 0.419. The number of aryl methyl sites for hydroxylation is 1. The number of rotatable bonds is 6. The van der Waals surface area contributed by atoms with Crippen molar-refractivity contribution in [1.29, 1.82) is 0 Å². The van der Waals surface area contributed by atoms with Crippen LogP contribution < -0.4 is 10.5 Å². The highest BCUT2D eigenvalue weighted by atomic mass is 16.6. The smallest absolute Gasteiger partial charge is 0.338 e. The van der Waals surface area contributed by atoms with Gasteiger partial charge in [0.2, 0.25) is 0 Å². The van der Waals surface area contributed by atoms with E-state index in [-0.39, 0.29) is 30.1 Å². The van der Waals surface area contributed by atoms with Crippen LogP contribution in [0.4, 0.5) is 5.69 Å². The number of ether oxygens (including phenoxy) is 2. The number of anilines is 1. The zero-order chi connectivity index (χ0) is 28.5. The van der Waals surface area contributed by atoms with E-state index in [1.54, 1.807) is 32.9 Å². The average molecular weight is 530 g/mol. The topological polar surface area (TPSA) is 102 Å². The van der Waals surface area contributed by atoms with Crippen molar-refractivity contribution in [3.05, 3.63) is 69.3 Å². The maximum atomic E-state index is 13.0. The first-order valence-electron chi connectivity index (χ1n) is 13.0. The number of carbonyl (C=O) groups is 2.